The lowest BCUT2D eigenvalue weighted by Crippen LogP contribution is -1.90. The second-order valence-electron chi connectivity index (χ2n) is 2.54. The highest BCUT2D eigenvalue weighted by molar-refractivity contribution is 9.10. The third-order valence-corrected chi connectivity index (χ3v) is 2.25. The minimum Gasteiger partial charge on any atom is -0.241 e. The fourth-order valence-corrected chi connectivity index (χ4v) is 1.32. The van der Waals surface area contributed by atoms with Gasteiger partial charge in [0.25, 0.3) is 0 Å². The van der Waals surface area contributed by atoms with Crippen LogP contribution < -0.4 is 0 Å². The normalized spacial score (nSPS) is 10.9. The summed E-state index contributed by atoms with van der Waals surface area (Å²) in [4.78, 5) is 0. The van der Waals surface area contributed by atoms with E-state index in [0.29, 0.717) is 5.92 Å². The zero-order chi connectivity index (χ0) is 7.72. The van der Waals surface area contributed by atoms with Gasteiger partial charge in [0, 0.05) is 13.0 Å². The number of aromatic nitrogens is 3. The highest BCUT2D eigenvalue weighted by atomic mass is 79.9. The molecule has 4 heteroatoms. The van der Waals surface area contributed by atoms with Crippen molar-refractivity contribution in [2.45, 2.75) is 19.8 Å². The number of nitrogens with zero attached hydrogens (tertiary/aromatic N) is 3. The first-order valence-corrected chi connectivity index (χ1v) is 3.97. The van der Waals surface area contributed by atoms with Gasteiger partial charge in [0.05, 0.1) is 5.69 Å². The molecule has 0 amide bonds. The van der Waals surface area contributed by atoms with Gasteiger partial charge in [-0.3, -0.25) is 0 Å². The van der Waals surface area contributed by atoms with Gasteiger partial charge in [-0.1, -0.05) is 19.1 Å². The Morgan fingerprint density at radius 1 is 1.50 bits per heavy atom. The molecule has 1 heterocycles. The maximum Gasteiger partial charge on any atom is 0.127 e. The molecule has 0 unspecified atom stereocenters. The monoisotopic (exact) mass is 203 g/mol. The Labute approximate surface area is 68.6 Å². The zero-order valence-corrected chi connectivity index (χ0v) is 7.88. The van der Waals surface area contributed by atoms with Gasteiger partial charge in [-0.2, -0.15) is 0 Å². The second-order valence-corrected chi connectivity index (χ2v) is 3.29. The summed E-state index contributed by atoms with van der Waals surface area (Å²) in [5, 5.41) is 7.84. The minimum absolute atomic E-state index is 0.433. The Bertz CT molecular complexity index is 229. The number of rotatable bonds is 1. The first-order valence-electron chi connectivity index (χ1n) is 3.18. The van der Waals surface area contributed by atoms with Gasteiger partial charge in [-0.15, -0.1) is 5.10 Å². The van der Waals surface area contributed by atoms with Crippen LogP contribution in [0.2, 0.25) is 0 Å². The molecule has 1 aromatic rings. The van der Waals surface area contributed by atoms with E-state index in [4.69, 9.17) is 0 Å². The van der Waals surface area contributed by atoms with E-state index in [1.807, 2.05) is 7.05 Å². The van der Waals surface area contributed by atoms with Crippen molar-refractivity contribution in [2.75, 3.05) is 0 Å². The molecule has 1 rings (SSSR count). The highest BCUT2D eigenvalue weighted by Crippen LogP contribution is 2.20. The Hall–Kier alpha value is -0.380. The molecule has 0 atom stereocenters. The van der Waals surface area contributed by atoms with Gasteiger partial charge in [0.15, 0.2) is 0 Å². The Morgan fingerprint density at radius 3 is 2.30 bits per heavy atom. The van der Waals surface area contributed by atoms with Gasteiger partial charge in [0.1, 0.15) is 4.60 Å². The predicted molar refractivity (Wildman–Crippen MR) is 42.8 cm³/mol. The predicted octanol–water partition coefficient (Wildman–Crippen LogP) is 1.70. The molecule has 0 fully saturated rings. The lowest BCUT2D eigenvalue weighted by atomic mass is 10.2. The molecule has 1 aromatic heterocycles. The van der Waals surface area contributed by atoms with Crippen LogP contribution in [0.3, 0.4) is 0 Å². The summed E-state index contributed by atoms with van der Waals surface area (Å²) in [7, 11) is 1.86. The molecule has 0 aromatic carbocycles. The summed E-state index contributed by atoms with van der Waals surface area (Å²) in [6.07, 6.45) is 0. The standard InChI is InChI=1S/C6H10BrN3/c1-4(2)5-6(7)10(3)9-8-5/h4H,1-3H3. The van der Waals surface area contributed by atoms with E-state index in [9.17, 15) is 0 Å². The fraction of sp³-hybridized carbons (Fsp3) is 0.667. The van der Waals surface area contributed by atoms with E-state index in [2.05, 4.69) is 40.1 Å². The van der Waals surface area contributed by atoms with Crippen molar-refractivity contribution in [1.29, 1.82) is 0 Å². The molecule has 10 heavy (non-hydrogen) atoms. The molecule has 0 aliphatic carbocycles. The van der Waals surface area contributed by atoms with Crippen LogP contribution in [0.4, 0.5) is 0 Å². The molecule has 0 aliphatic rings. The van der Waals surface area contributed by atoms with E-state index in [-0.39, 0.29) is 0 Å². The van der Waals surface area contributed by atoms with Crippen molar-refractivity contribution in [2.24, 2.45) is 7.05 Å². The van der Waals surface area contributed by atoms with Gasteiger partial charge < -0.3 is 0 Å². The SMILES string of the molecule is CC(C)c1nnn(C)c1Br. The van der Waals surface area contributed by atoms with Crippen LogP contribution in [0.15, 0.2) is 4.60 Å². The van der Waals surface area contributed by atoms with Crippen molar-refractivity contribution in [3.8, 4) is 0 Å². The van der Waals surface area contributed by atoms with Gasteiger partial charge in [0.2, 0.25) is 0 Å². The third-order valence-electron chi connectivity index (χ3n) is 1.33. The third kappa shape index (κ3) is 1.21. The molecule has 0 saturated heterocycles. The van der Waals surface area contributed by atoms with Crippen LogP contribution >= 0.6 is 15.9 Å². The van der Waals surface area contributed by atoms with Crippen LogP contribution in [-0.2, 0) is 7.05 Å². The molecule has 0 radical (unpaired) electrons. The topological polar surface area (TPSA) is 30.7 Å². The summed E-state index contributed by atoms with van der Waals surface area (Å²) < 4.78 is 2.69. The minimum atomic E-state index is 0.433. The highest BCUT2D eigenvalue weighted by Gasteiger charge is 2.09. The molecule has 3 nitrogen and oxygen atoms in total. The molecule has 0 spiro atoms. The molecular weight excluding hydrogens is 194 g/mol. The van der Waals surface area contributed by atoms with Crippen molar-refractivity contribution in [3.05, 3.63) is 10.3 Å². The molecule has 0 aliphatic heterocycles. The van der Waals surface area contributed by atoms with E-state index in [1.165, 1.54) is 0 Å². The number of hydrogen-bond donors (Lipinski definition) is 0. The van der Waals surface area contributed by atoms with Crippen LogP contribution in [0.25, 0.3) is 0 Å². The molecule has 0 N–H and O–H groups in total. The second kappa shape index (κ2) is 2.70. The molecular formula is C6H10BrN3. The van der Waals surface area contributed by atoms with Crippen LogP contribution in [0.1, 0.15) is 25.5 Å². The quantitative estimate of drug-likeness (QED) is 0.696. The van der Waals surface area contributed by atoms with E-state index in [1.54, 1.807) is 4.68 Å². The average molecular weight is 204 g/mol. The summed E-state index contributed by atoms with van der Waals surface area (Å²) in [5.41, 5.74) is 1.02. The first kappa shape index (κ1) is 7.72. The zero-order valence-electron chi connectivity index (χ0n) is 6.30. The number of aryl methyl sites for hydroxylation is 1. The summed E-state index contributed by atoms with van der Waals surface area (Å²) in [6.45, 7) is 4.18. The van der Waals surface area contributed by atoms with Crippen LogP contribution in [0, 0.1) is 0 Å². The lowest BCUT2D eigenvalue weighted by Gasteiger charge is -1.97. The maximum atomic E-state index is 3.98. The summed E-state index contributed by atoms with van der Waals surface area (Å²) >= 11 is 3.39. The fourth-order valence-electron chi connectivity index (χ4n) is 0.715. The first-order chi connectivity index (χ1) is 4.63. The van der Waals surface area contributed by atoms with Crippen molar-refractivity contribution in [3.63, 3.8) is 0 Å². The number of hydrogen-bond acceptors (Lipinski definition) is 2. The largest absolute Gasteiger partial charge is 0.241 e. The molecule has 56 valence electrons. The van der Waals surface area contributed by atoms with Gasteiger partial charge in [-0.05, 0) is 15.9 Å². The van der Waals surface area contributed by atoms with E-state index >= 15 is 0 Å². The van der Waals surface area contributed by atoms with E-state index in [0.717, 1.165) is 10.3 Å². The number of halogens is 1. The molecule has 0 saturated carbocycles. The van der Waals surface area contributed by atoms with E-state index < -0.39 is 0 Å². The Morgan fingerprint density at radius 2 is 2.10 bits per heavy atom. The summed E-state index contributed by atoms with van der Waals surface area (Å²) in [6, 6.07) is 0. The van der Waals surface area contributed by atoms with Gasteiger partial charge >= 0.3 is 0 Å². The van der Waals surface area contributed by atoms with Crippen LogP contribution in [-0.4, -0.2) is 15.0 Å². The Kier molecular flexibility index (Phi) is 2.08. The lowest BCUT2D eigenvalue weighted by molar-refractivity contribution is 0.701. The smallest absolute Gasteiger partial charge is 0.127 e. The summed E-state index contributed by atoms with van der Waals surface area (Å²) in [5.74, 6) is 0.433. The van der Waals surface area contributed by atoms with Crippen molar-refractivity contribution < 1.29 is 0 Å². The van der Waals surface area contributed by atoms with Crippen LogP contribution in [0.5, 0.6) is 0 Å². The molecule has 0 bridgehead atoms. The maximum absolute atomic E-state index is 3.98. The van der Waals surface area contributed by atoms with Gasteiger partial charge in [-0.25, -0.2) is 4.68 Å². The van der Waals surface area contributed by atoms with Crippen molar-refractivity contribution >= 4 is 15.9 Å². The average Bonchev–Trinajstić information content (AvgIpc) is 2.14. The van der Waals surface area contributed by atoms with Crippen molar-refractivity contribution in [1.82, 2.24) is 15.0 Å². The Balaban J connectivity index is 3.05.